The number of likely N-dealkylation sites (tertiary alicyclic amines) is 1. The van der Waals surface area contributed by atoms with Crippen molar-refractivity contribution in [3.8, 4) is 22.8 Å². The molecule has 5 nitrogen and oxygen atoms in total. The molecule has 1 unspecified atom stereocenters. The van der Waals surface area contributed by atoms with E-state index in [9.17, 15) is 0 Å². The lowest BCUT2D eigenvalue weighted by Gasteiger charge is -2.36. The Balaban J connectivity index is 1.26. The molecule has 1 aromatic heterocycles. The van der Waals surface area contributed by atoms with Crippen molar-refractivity contribution < 1.29 is 9.47 Å². The van der Waals surface area contributed by atoms with E-state index in [1.54, 1.807) is 14.2 Å². The number of benzene rings is 4. The van der Waals surface area contributed by atoms with Crippen molar-refractivity contribution in [2.24, 2.45) is 0 Å². The van der Waals surface area contributed by atoms with E-state index in [0.29, 0.717) is 12.0 Å². The van der Waals surface area contributed by atoms with Gasteiger partial charge in [0.05, 0.1) is 19.9 Å². The van der Waals surface area contributed by atoms with Crippen LogP contribution in [0.5, 0.6) is 11.5 Å². The van der Waals surface area contributed by atoms with Crippen molar-refractivity contribution >= 4 is 21.5 Å². The van der Waals surface area contributed by atoms with E-state index >= 15 is 0 Å². The van der Waals surface area contributed by atoms with Gasteiger partial charge in [0.25, 0.3) is 0 Å². The normalized spacial score (nSPS) is 15.6. The molecule has 0 saturated carbocycles. The standard InChI is InChI=1S/C33H33N3O2/c1-22(26-9-8-23-6-4-5-7-27(23)20-26)36-18-16-25(17-19-36)33-31-21-29(38-3)14-15-30(31)32(34-35-33)24-10-12-28(37-2)13-11-24/h4-15,20-22,25H,16-19H2,1-3H3. The van der Waals surface area contributed by atoms with Crippen molar-refractivity contribution in [1.82, 2.24) is 15.1 Å². The monoisotopic (exact) mass is 503 g/mol. The maximum Gasteiger partial charge on any atom is 0.119 e. The van der Waals surface area contributed by atoms with E-state index in [2.05, 4.69) is 66.4 Å². The molecule has 4 aromatic carbocycles. The lowest BCUT2D eigenvalue weighted by atomic mass is 9.88. The lowest BCUT2D eigenvalue weighted by molar-refractivity contribution is 0.161. The molecule has 0 spiro atoms. The summed E-state index contributed by atoms with van der Waals surface area (Å²) in [4.78, 5) is 2.60. The zero-order valence-corrected chi connectivity index (χ0v) is 22.2. The number of hydrogen-bond donors (Lipinski definition) is 0. The first-order valence-corrected chi connectivity index (χ1v) is 13.4. The van der Waals surface area contributed by atoms with Crippen LogP contribution >= 0.6 is 0 Å². The molecule has 1 atom stereocenters. The molecule has 0 aliphatic carbocycles. The van der Waals surface area contributed by atoms with Crippen LogP contribution in [0.25, 0.3) is 32.8 Å². The number of hydrogen-bond acceptors (Lipinski definition) is 5. The summed E-state index contributed by atoms with van der Waals surface area (Å²) in [7, 11) is 3.39. The summed E-state index contributed by atoms with van der Waals surface area (Å²) >= 11 is 0. The van der Waals surface area contributed by atoms with Crippen LogP contribution in [0.3, 0.4) is 0 Å². The fourth-order valence-electron chi connectivity index (χ4n) is 5.78. The quantitative estimate of drug-likeness (QED) is 0.241. The molecule has 1 saturated heterocycles. The van der Waals surface area contributed by atoms with Gasteiger partial charge < -0.3 is 9.47 Å². The maximum absolute atomic E-state index is 5.60. The van der Waals surface area contributed by atoms with Gasteiger partial charge in [-0.3, -0.25) is 4.90 Å². The Hall–Kier alpha value is -3.96. The molecule has 0 amide bonds. The second-order valence-electron chi connectivity index (χ2n) is 10.2. The Morgan fingerprint density at radius 2 is 1.45 bits per heavy atom. The summed E-state index contributed by atoms with van der Waals surface area (Å²) < 4.78 is 10.9. The zero-order chi connectivity index (χ0) is 26.1. The number of ether oxygens (including phenoxy) is 2. The fourth-order valence-corrected chi connectivity index (χ4v) is 5.78. The summed E-state index contributed by atoms with van der Waals surface area (Å²) in [5.41, 5.74) is 4.37. The molecule has 1 aliphatic rings. The van der Waals surface area contributed by atoms with Crippen LogP contribution in [-0.2, 0) is 0 Å². The van der Waals surface area contributed by atoms with Gasteiger partial charge in [-0.1, -0.05) is 36.4 Å². The zero-order valence-electron chi connectivity index (χ0n) is 22.2. The van der Waals surface area contributed by atoms with Crippen LogP contribution in [0.15, 0.2) is 84.9 Å². The smallest absolute Gasteiger partial charge is 0.119 e. The highest BCUT2D eigenvalue weighted by Gasteiger charge is 2.27. The molecule has 5 aromatic rings. The van der Waals surface area contributed by atoms with E-state index in [4.69, 9.17) is 19.7 Å². The molecule has 2 heterocycles. The maximum atomic E-state index is 5.60. The van der Waals surface area contributed by atoms with Crippen LogP contribution in [0.4, 0.5) is 0 Å². The lowest BCUT2D eigenvalue weighted by Crippen LogP contribution is -2.35. The summed E-state index contributed by atoms with van der Waals surface area (Å²) in [6.07, 6.45) is 2.11. The molecular weight excluding hydrogens is 470 g/mol. The van der Waals surface area contributed by atoms with Gasteiger partial charge in [0.15, 0.2) is 0 Å². The van der Waals surface area contributed by atoms with Gasteiger partial charge in [-0.05, 0) is 97.7 Å². The first-order chi connectivity index (χ1) is 18.6. The van der Waals surface area contributed by atoms with Crippen LogP contribution in [-0.4, -0.2) is 42.4 Å². The fraction of sp³-hybridized carbons (Fsp3) is 0.273. The van der Waals surface area contributed by atoms with E-state index in [1.807, 2.05) is 30.3 Å². The number of nitrogens with zero attached hydrogens (tertiary/aromatic N) is 3. The molecule has 0 radical (unpaired) electrons. The highest BCUT2D eigenvalue weighted by molar-refractivity contribution is 5.96. The number of piperidine rings is 1. The summed E-state index contributed by atoms with van der Waals surface area (Å²) in [6.45, 7) is 4.40. The number of rotatable bonds is 6. The largest absolute Gasteiger partial charge is 0.497 e. The first kappa shape index (κ1) is 24.4. The van der Waals surface area contributed by atoms with Gasteiger partial charge in [-0.15, -0.1) is 5.10 Å². The van der Waals surface area contributed by atoms with E-state index in [-0.39, 0.29) is 0 Å². The Kier molecular flexibility index (Phi) is 6.69. The van der Waals surface area contributed by atoms with Gasteiger partial charge in [0.2, 0.25) is 0 Å². The second-order valence-corrected chi connectivity index (χ2v) is 10.2. The summed E-state index contributed by atoms with van der Waals surface area (Å²) in [5, 5.41) is 14.4. The third kappa shape index (κ3) is 4.59. The number of aromatic nitrogens is 2. The van der Waals surface area contributed by atoms with Crippen molar-refractivity contribution in [1.29, 1.82) is 0 Å². The van der Waals surface area contributed by atoms with Gasteiger partial charge in [-0.25, -0.2) is 0 Å². The average Bonchev–Trinajstić information content (AvgIpc) is 2.99. The van der Waals surface area contributed by atoms with E-state index in [1.165, 1.54) is 16.3 Å². The first-order valence-electron chi connectivity index (χ1n) is 13.4. The minimum atomic E-state index is 0.363. The Morgan fingerprint density at radius 1 is 0.737 bits per heavy atom. The van der Waals surface area contributed by atoms with E-state index in [0.717, 1.165) is 65.2 Å². The van der Waals surface area contributed by atoms with Gasteiger partial charge >= 0.3 is 0 Å². The topological polar surface area (TPSA) is 47.5 Å². The van der Waals surface area contributed by atoms with Crippen LogP contribution in [0.1, 0.15) is 43.0 Å². The molecule has 6 rings (SSSR count). The highest BCUT2D eigenvalue weighted by Crippen LogP contribution is 2.38. The minimum absolute atomic E-state index is 0.363. The summed E-state index contributed by atoms with van der Waals surface area (Å²) in [5.74, 6) is 2.03. The molecule has 38 heavy (non-hydrogen) atoms. The second kappa shape index (κ2) is 10.4. The molecular formula is C33H33N3O2. The third-order valence-electron chi connectivity index (χ3n) is 8.10. The molecule has 0 bridgehead atoms. The predicted molar refractivity (Wildman–Crippen MR) is 154 cm³/mol. The highest BCUT2D eigenvalue weighted by atomic mass is 16.5. The van der Waals surface area contributed by atoms with E-state index < -0.39 is 0 Å². The molecule has 192 valence electrons. The molecule has 1 aliphatic heterocycles. The van der Waals surface area contributed by atoms with Gasteiger partial charge in [-0.2, -0.15) is 5.10 Å². The minimum Gasteiger partial charge on any atom is -0.497 e. The van der Waals surface area contributed by atoms with Crippen molar-refractivity contribution in [2.75, 3.05) is 27.3 Å². The Labute approximate surface area is 224 Å². The Morgan fingerprint density at radius 3 is 2.18 bits per heavy atom. The molecule has 1 fully saturated rings. The summed E-state index contributed by atoms with van der Waals surface area (Å²) in [6, 6.07) is 30.1. The predicted octanol–water partition coefficient (Wildman–Crippen LogP) is 7.41. The molecule has 5 heteroatoms. The van der Waals surface area contributed by atoms with Crippen LogP contribution in [0, 0.1) is 0 Å². The van der Waals surface area contributed by atoms with Crippen LogP contribution < -0.4 is 9.47 Å². The van der Waals surface area contributed by atoms with Gasteiger partial charge in [0, 0.05) is 28.3 Å². The number of fused-ring (bicyclic) bond motifs is 2. The number of methoxy groups -OCH3 is 2. The van der Waals surface area contributed by atoms with Gasteiger partial charge in [0.1, 0.15) is 17.2 Å². The van der Waals surface area contributed by atoms with Crippen molar-refractivity contribution in [3.63, 3.8) is 0 Å². The average molecular weight is 504 g/mol. The van der Waals surface area contributed by atoms with Crippen LogP contribution in [0.2, 0.25) is 0 Å². The molecule has 0 N–H and O–H groups in total. The SMILES string of the molecule is COc1ccc(-c2nnc(C3CCN(C(C)c4ccc5ccccc5c4)CC3)c3cc(OC)ccc23)cc1. The third-order valence-corrected chi connectivity index (χ3v) is 8.10. The Bertz CT molecular complexity index is 1570. The van der Waals surface area contributed by atoms with Crippen molar-refractivity contribution in [2.45, 2.75) is 31.7 Å². The van der Waals surface area contributed by atoms with Crippen molar-refractivity contribution in [3.05, 3.63) is 96.2 Å².